The molecule has 0 bridgehead atoms. The van der Waals surface area contributed by atoms with Crippen molar-refractivity contribution in [3.05, 3.63) is 77.5 Å². The molecule has 0 N–H and O–H groups in total. The number of aryl methyl sites for hydroxylation is 2. The molecule has 0 atom stereocenters. The summed E-state index contributed by atoms with van der Waals surface area (Å²) < 4.78 is 20.1. The van der Waals surface area contributed by atoms with E-state index < -0.39 is 6.37 Å². The van der Waals surface area contributed by atoms with Gasteiger partial charge in [0.05, 0.1) is 0 Å². The minimum atomic E-state index is -1.23. The molecule has 3 aromatic rings. The summed E-state index contributed by atoms with van der Waals surface area (Å²) in [6, 6.07) is 19.3. The zero-order chi connectivity index (χ0) is 20.2. The quantitative estimate of drug-likeness (QED) is 0.510. The molecule has 27 heavy (non-hydrogen) atoms. The maximum atomic E-state index is 8.97. The van der Waals surface area contributed by atoms with Crippen LogP contribution in [0.5, 0.6) is 0 Å². The molecular weight excluding hydrogens is 326 g/mol. The highest BCUT2D eigenvalue weighted by molar-refractivity contribution is 5.71. The van der Waals surface area contributed by atoms with Gasteiger partial charge in [0.1, 0.15) is 7.05 Å². The van der Waals surface area contributed by atoms with E-state index in [0.29, 0.717) is 0 Å². The molecule has 2 aliphatic carbocycles. The van der Waals surface area contributed by atoms with Gasteiger partial charge in [0.25, 0.3) is 0 Å². The van der Waals surface area contributed by atoms with Crippen LogP contribution in [0.15, 0.2) is 60.8 Å². The zero-order valence-electron chi connectivity index (χ0n) is 18.3. The molecular formula is C26H28N+. The predicted molar refractivity (Wildman–Crippen MR) is 112 cm³/mol. The third-order valence-corrected chi connectivity index (χ3v) is 6.50. The Labute approximate surface area is 165 Å². The Balaban J connectivity index is 1.59. The van der Waals surface area contributed by atoms with Crippen molar-refractivity contribution in [3.8, 4) is 22.4 Å². The molecule has 5 rings (SSSR count). The van der Waals surface area contributed by atoms with Gasteiger partial charge >= 0.3 is 0 Å². The normalized spacial score (nSPS) is 20.4. The lowest BCUT2D eigenvalue weighted by molar-refractivity contribution is -0.660. The monoisotopic (exact) mass is 356 g/mol. The Hall–Kier alpha value is -2.41. The Bertz CT molecular complexity index is 1090. The highest BCUT2D eigenvalue weighted by Crippen LogP contribution is 2.49. The fraction of sp³-hybridized carbons (Fsp3) is 0.346. The van der Waals surface area contributed by atoms with Crippen molar-refractivity contribution in [1.82, 2.24) is 0 Å². The molecule has 1 fully saturated rings. The smallest absolute Gasteiger partial charge is 0.201 e. The first kappa shape index (κ1) is 14.6. The van der Waals surface area contributed by atoms with Crippen molar-refractivity contribution >= 4 is 0 Å². The number of fused-ring (bicyclic) bond motifs is 1. The lowest BCUT2D eigenvalue weighted by Gasteiger charge is -2.21. The summed E-state index contributed by atoms with van der Waals surface area (Å²) in [6.07, 6.45) is 6.13. The molecule has 2 aliphatic rings. The summed E-state index contributed by atoms with van der Waals surface area (Å²) in [7, 11) is 2.08. The molecule has 1 heterocycles. The van der Waals surface area contributed by atoms with Crippen LogP contribution < -0.4 is 4.57 Å². The fourth-order valence-electron chi connectivity index (χ4n) is 4.95. The van der Waals surface area contributed by atoms with Crippen molar-refractivity contribution in [1.29, 1.82) is 0 Å². The van der Waals surface area contributed by atoms with Crippen molar-refractivity contribution in [2.75, 3.05) is 0 Å². The van der Waals surface area contributed by atoms with Crippen LogP contribution in [0.2, 0.25) is 0 Å². The van der Waals surface area contributed by atoms with Crippen LogP contribution in [0.25, 0.3) is 22.4 Å². The molecule has 136 valence electrons. The highest BCUT2D eigenvalue weighted by atomic mass is 14.9. The molecule has 2 aromatic carbocycles. The summed E-state index contributed by atoms with van der Waals surface area (Å²) in [5.74, 6) is 0. The van der Waals surface area contributed by atoms with Crippen molar-refractivity contribution in [2.24, 2.45) is 12.5 Å². The van der Waals surface area contributed by atoms with Gasteiger partial charge in [-0.2, -0.15) is 0 Å². The highest BCUT2D eigenvalue weighted by Gasteiger charge is 2.39. The maximum absolute atomic E-state index is 8.97. The van der Waals surface area contributed by atoms with Gasteiger partial charge in [-0.15, -0.1) is 0 Å². The molecule has 1 saturated carbocycles. The number of nitrogens with zero attached hydrogens (tertiary/aromatic N) is 1. The molecule has 1 heteroatoms. The van der Waals surface area contributed by atoms with E-state index in [2.05, 4.69) is 79.3 Å². The van der Waals surface area contributed by atoms with Crippen LogP contribution in [0, 0.1) is 12.3 Å². The first-order valence-electron chi connectivity index (χ1n) is 11.1. The van der Waals surface area contributed by atoms with Crippen LogP contribution in [0.3, 0.4) is 0 Å². The lowest BCUT2D eigenvalue weighted by Crippen LogP contribution is -2.30. The Morgan fingerprint density at radius 1 is 0.926 bits per heavy atom. The topological polar surface area (TPSA) is 3.88 Å². The molecule has 1 nitrogen and oxygen atoms in total. The largest absolute Gasteiger partial charge is 0.213 e. The van der Waals surface area contributed by atoms with E-state index in [0.717, 1.165) is 48.8 Å². The number of pyridine rings is 1. The second kappa shape index (κ2) is 6.34. The van der Waals surface area contributed by atoms with Gasteiger partial charge in [0, 0.05) is 20.4 Å². The molecule has 0 radical (unpaired) electrons. The summed E-state index contributed by atoms with van der Waals surface area (Å²) in [5, 5.41) is 0. The van der Waals surface area contributed by atoms with Gasteiger partial charge in [0.2, 0.25) is 5.69 Å². The molecule has 0 amide bonds. The van der Waals surface area contributed by atoms with Crippen LogP contribution in [-0.2, 0) is 19.8 Å². The third-order valence-electron chi connectivity index (χ3n) is 6.50. The number of hydrogen-bond acceptors (Lipinski definition) is 0. The average molecular weight is 357 g/mol. The van der Waals surface area contributed by atoms with Crippen molar-refractivity contribution < 1.29 is 7.31 Å². The first-order valence-corrected chi connectivity index (χ1v) is 10.1. The number of rotatable bonds is 2. The van der Waals surface area contributed by atoms with E-state index >= 15 is 0 Å². The summed E-state index contributed by atoms with van der Waals surface area (Å²) in [5.41, 5.74) is 7.88. The first-order chi connectivity index (χ1) is 13.9. The van der Waals surface area contributed by atoms with Crippen LogP contribution in [0.1, 0.15) is 45.1 Å². The lowest BCUT2D eigenvalue weighted by atomic mass is 9.83. The third kappa shape index (κ3) is 2.90. The minimum absolute atomic E-state index is 0.177. The number of benzene rings is 2. The van der Waals surface area contributed by atoms with Gasteiger partial charge in [-0.1, -0.05) is 49.2 Å². The summed E-state index contributed by atoms with van der Waals surface area (Å²) in [6.45, 7) is 2.15. The second-order valence-electron chi connectivity index (χ2n) is 8.39. The van der Waals surface area contributed by atoms with Gasteiger partial charge < -0.3 is 0 Å². The second-order valence-corrected chi connectivity index (χ2v) is 8.39. The number of aromatic nitrogens is 1. The van der Waals surface area contributed by atoms with E-state index in [1.807, 2.05) is 0 Å². The Kier molecular flexibility index (Phi) is 3.43. The SMILES string of the molecule is [2H]C1([2H])c2cc(-c3cc[n+](C)c(-c4ccccc4C)c3)ccc2CC12CCCC2. The molecule has 0 saturated heterocycles. The zero-order valence-corrected chi connectivity index (χ0v) is 16.3. The van der Waals surface area contributed by atoms with Gasteiger partial charge in [0.15, 0.2) is 6.20 Å². The van der Waals surface area contributed by atoms with Gasteiger partial charge in [-0.05, 0) is 71.9 Å². The minimum Gasteiger partial charge on any atom is -0.201 e. The summed E-state index contributed by atoms with van der Waals surface area (Å²) >= 11 is 0. The summed E-state index contributed by atoms with van der Waals surface area (Å²) in [4.78, 5) is 0. The van der Waals surface area contributed by atoms with Crippen molar-refractivity contribution in [3.63, 3.8) is 0 Å². The van der Waals surface area contributed by atoms with E-state index in [1.165, 1.54) is 22.4 Å². The van der Waals surface area contributed by atoms with E-state index in [1.54, 1.807) is 0 Å². The van der Waals surface area contributed by atoms with Crippen LogP contribution in [0.4, 0.5) is 0 Å². The number of hydrogen-bond donors (Lipinski definition) is 0. The van der Waals surface area contributed by atoms with Gasteiger partial charge in [-0.3, -0.25) is 0 Å². The molecule has 1 spiro atoms. The van der Waals surface area contributed by atoms with E-state index in [4.69, 9.17) is 2.74 Å². The van der Waals surface area contributed by atoms with Crippen molar-refractivity contribution in [2.45, 2.75) is 45.4 Å². The molecule has 1 aromatic heterocycles. The Morgan fingerprint density at radius 3 is 2.52 bits per heavy atom. The van der Waals surface area contributed by atoms with E-state index in [-0.39, 0.29) is 5.41 Å². The van der Waals surface area contributed by atoms with Gasteiger partial charge in [-0.25, -0.2) is 4.57 Å². The van der Waals surface area contributed by atoms with E-state index in [9.17, 15) is 0 Å². The standard InChI is InChI=1S/C26H28N/c1-19-7-3-4-8-24(19)25-16-21(11-14-27(25)2)20-9-10-22-17-26(12-5-6-13-26)18-23(22)15-20/h3-4,7-11,14-16H,5-6,12-13,17-18H2,1-2H3/q+1/i18D2. The molecule has 0 unspecified atom stereocenters. The van der Waals surface area contributed by atoms with Crippen LogP contribution in [-0.4, -0.2) is 0 Å². The Morgan fingerprint density at radius 2 is 1.70 bits per heavy atom. The predicted octanol–water partition coefficient (Wildman–Crippen LogP) is 5.81. The maximum Gasteiger partial charge on any atom is 0.213 e. The van der Waals surface area contributed by atoms with Crippen LogP contribution >= 0.6 is 0 Å². The average Bonchev–Trinajstić information content (AvgIpc) is 3.27. The fourth-order valence-corrected chi connectivity index (χ4v) is 4.95. The molecule has 0 aliphatic heterocycles.